The second-order valence-electron chi connectivity index (χ2n) is 4.61. The van der Waals surface area contributed by atoms with Crippen LogP contribution in [0.5, 0.6) is 0 Å². The molecule has 1 heterocycles. The van der Waals surface area contributed by atoms with E-state index in [-0.39, 0.29) is 0 Å². The first-order valence-corrected chi connectivity index (χ1v) is 6.36. The van der Waals surface area contributed by atoms with Gasteiger partial charge in [-0.25, -0.2) is 0 Å². The van der Waals surface area contributed by atoms with Gasteiger partial charge >= 0.3 is 0 Å². The minimum absolute atomic E-state index is 0.650. The quantitative estimate of drug-likeness (QED) is 0.812. The SMILES string of the molecule is CCC(CNC)c1ccc2c(c1)CCCN2. The van der Waals surface area contributed by atoms with Gasteiger partial charge in [-0.15, -0.1) is 0 Å². The van der Waals surface area contributed by atoms with Crippen LogP contribution >= 0.6 is 0 Å². The first kappa shape index (κ1) is 11.5. The van der Waals surface area contributed by atoms with E-state index in [4.69, 9.17) is 0 Å². The molecule has 1 aliphatic rings. The van der Waals surface area contributed by atoms with Crippen LogP contribution in [0, 0.1) is 0 Å². The third-order valence-corrected chi connectivity index (χ3v) is 3.48. The normalized spacial score (nSPS) is 16.4. The Kier molecular flexibility index (Phi) is 3.83. The van der Waals surface area contributed by atoms with Crippen molar-refractivity contribution >= 4 is 5.69 Å². The molecule has 1 aliphatic heterocycles. The van der Waals surface area contributed by atoms with Crippen molar-refractivity contribution in [3.8, 4) is 0 Å². The molecule has 1 atom stereocenters. The van der Waals surface area contributed by atoms with Crippen LogP contribution in [-0.4, -0.2) is 20.1 Å². The highest BCUT2D eigenvalue weighted by Crippen LogP contribution is 2.27. The molecular weight excluding hydrogens is 196 g/mol. The molecule has 0 aromatic heterocycles. The van der Waals surface area contributed by atoms with E-state index in [1.165, 1.54) is 36.1 Å². The molecule has 2 nitrogen and oxygen atoms in total. The summed E-state index contributed by atoms with van der Waals surface area (Å²) in [6.45, 7) is 4.46. The first-order chi connectivity index (χ1) is 7.85. The van der Waals surface area contributed by atoms with E-state index < -0.39 is 0 Å². The zero-order valence-electron chi connectivity index (χ0n) is 10.3. The molecule has 0 saturated carbocycles. The Labute approximate surface area is 98.4 Å². The molecule has 1 unspecified atom stereocenters. The van der Waals surface area contributed by atoms with E-state index in [9.17, 15) is 0 Å². The van der Waals surface area contributed by atoms with Gasteiger partial charge in [0.05, 0.1) is 0 Å². The molecule has 2 N–H and O–H groups in total. The average Bonchev–Trinajstić information content (AvgIpc) is 2.35. The molecule has 0 bridgehead atoms. The maximum absolute atomic E-state index is 3.46. The van der Waals surface area contributed by atoms with E-state index >= 15 is 0 Å². The highest BCUT2D eigenvalue weighted by Gasteiger charge is 2.13. The van der Waals surface area contributed by atoms with Crippen molar-refractivity contribution in [1.82, 2.24) is 5.32 Å². The van der Waals surface area contributed by atoms with Gasteiger partial charge in [-0.3, -0.25) is 0 Å². The lowest BCUT2D eigenvalue weighted by Gasteiger charge is -2.21. The fourth-order valence-electron chi connectivity index (χ4n) is 2.49. The second kappa shape index (κ2) is 5.35. The molecule has 2 rings (SSSR count). The van der Waals surface area contributed by atoms with E-state index in [1.54, 1.807) is 0 Å². The molecule has 88 valence electrons. The van der Waals surface area contributed by atoms with E-state index in [1.807, 2.05) is 7.05 Å². The van der Waals surface area contributed by atoms with Crippen LogP contribution in [0.25, 0.3) is 0 Å². The maximum atomic E-state index is 3.46. The lowest BCUT2D eigenvalue weighted by molar-refractivity contribution is 0.610. The highest BCUT2D eigenvalue weighted by atomic mass is 14.9. The lowest BCUT2D eigenvalue weighted by atomic mass is 9.92. The fourth-order valence-corrected chi connectivity index (χ4v) is 2.49. The predicted octanol–water partition coefficient (Wildman–Crippen LogP) is 2.76. The van der Waals surface area contributed by atoms with Gasteiger partial charge in [-0.1, -0.05) is 19.1 Å². The topological polar surface area (TPSA) is 24.1 Å². The third kappa shape index (κ3) is 2.38. The smallest absolute Gasteiger partial charge is 0.0372 e. The number of likely N-dealkylation sites (N-methyl/N-ethyl adjacent to an activating group) is 1. The zero-order valence-corrected chi connectivity index (χ0v) is 10.3. The number of nitrogens with one attached hydrogen (secondary N) is 2. The summed E-state index contributed by atoms with van der Waals surface area (Å²) in [4.78, 5) is 0. The fraction of sp³-hybridized carbons (Fsp3) is 0.571. The standard InChI is InChI=1S/C14H22N2/c1-3-11(10-15-2)12-6-7-14-13(9-12)5-4-8-16-14/h6-7,9,11,15-16H,3-5,8,10H2,1-2H3. The van der Waals surface area contributed by atoms with Crippen molar-refractivity contribution in [3.63, 3.8) is 0 Å². The first-order valence-electron chi connectivity index (χ1n) is 6.36. The molecular formula is C14H22N2. The predicted molar refractivity (Wildman–Crippen MR) is 70.2 cm³/mol. The van der Waals surface area contributed by atoms with E-state index in [0.717, 1.165) is 13.1 Å². The molecule has 0 amide bonds. The number of benzene rings is 1. The summed E-state index contributed by atoms with van der Waals surface area (Å²) in [5, 5.41) is 6.74. The molecule has 0 saturated heterocycles. The van der Waals surface area contributed by atoms with Crippen molar-refractivity contribution in [2.24, 2.45) is 0 Å². The highest BCUT2D eigenvalue weighted by molar-refractivity contribution is 5.54. The summed E-state index contributed by atoms with van der Waals surface area (Å²) in [6, 6.07) is 6.93. The Hall–Kier alpha value is -1.02. The van der Waals surface area contributed by atoms with Crippen molar-refractivity contribution in [3.05, 3.63) is 29.3 Å². The molecule has 0 spiro atoms. The van der Waals surface area contributed by atoms with Crippen molar-refractivity contribution in [2.75, 3.05) is 25.5 Å². The number of rotatable bonds is 4. The minimum atomic E-state index is 0.650. The van der Waals surface area contributed by atoms with Crippen LogP contribution in [0.15, 0.2) is 18.2 Å². The Balaban J connectivity index is 2.21. The summed E-state index contributed by atoms with van der Waals surface area (Å²) in [7, 11) is 2.03. The van der Waals surface area contributed by atoms with Gasteiger partial charge in [-0.2, -0.15) is 0 Å². The Morgan fingerprint density at radius 2 is 2.31 bits per heavy atom. The van der Waals surface area contributed by atoms with Crippen molar-refractivity contribution < 1.29 is 0 Å². The molecule has 2 heteroatoms. The van der Waals surface area contributed by atoms with Gasteiger partial charge in [-0.05, 0) is 49.4 Å². The van der Waals surface area contributed by atoms with Gasteiger partial charge in [0.25, 0.3) is 0 Å². The number of aryl methyl sites for hydroxylation is 1. The van der Waals surface area contributed by atoms with E-state index in [0.29, 0.717) is 5.92 Å². The number of anilines is 1. The summed E-state index contributed by atoms with van der Waals surface area (Å²) in [5.74, 6) is 0.650. The van der Waals surface area contributed by atoms with Gasteiger partial charge in [0, 0.05) is 18.8 Å². The minimum Gasteiger partial charge on any atom is -0.385 e. The summed E-state index contributed by atoms with van der Waals surface area (Å²) < 4.78 is 0. The van der Waals surface area contributed by atoms with Gasteiger partial charge in [0.2, 0.25) is 0 Å². The maximum Gasteiger partial charge on any atom is 0.0372 e. The largest absolute Gasteiger partial charge is 0.385 e. The molecule has 0 fully saturated rings. The van der Waals surface area contributed by atoms with Crippen molar-refractivity contribution in [2.45, 2.75) is 32.1 Å². The third-order valence-electron chi connectivity index (χ3n) is 3.48. The van der Waals surface area contributed by atoms with Gasteiger partial charge in [0.1, 0.15) is 0 Å². The zero-order chi connectivity index (χ0) is 11.4. The molecule has 0 aliphatic carbocycles. The summed E-state index contributed by atoms with van der Waals surface area (Å²) >= 11 is 0. The van der Waals surface area contributed by atoms with Gasteiger partial charge in [0.15, 0.2) is 0 Å². The number of fused-ring (bicyclic) bond motifs is 1. The lowest BCUT2D eigenvalue weighted by Crippen LogP contribution is -2.18. The van der Waals surface area contributed by atoms with Crippen LogP contribution in [0.2, 0.25) is 0 Å². The molecule has 1 aromatic rings. The van der Waals surface area contributed by atoms with Gasteiger partial charge < -0.3 is 10.6 Å². The van der Waals surface area contributed by atoms with Crippen LogP contribution in [0.3, 0.4) is 0 Å². The van der Waals surface area contributed by atoms with Crippen LogP contribution in [-0.2, 0) is 6.42 Å². The number of hydrogen-bond acceptors (Lipinski definition) is 2. The Morgan fingerprint density at radius 1 is 1.44 bits per heavy atom. The Morgan fingerprint density at radius 3 is 3.06 bits per heavy atom. The van der Waals surface area contributed by atoms with E-state index in [2.05, 4.69) is 35.8 Å². The Bertz CT molecular complexity index is 347. The average molecular weight is 218 g/mol. The molecule has 0 radical (unpaired) electrons. The molecule has 1 aromatic carbocycles. The van der Waals surface area contributed by atoms with Crippen LogP contribution in [0.4, 0.5) is 5.69 Å². The van der Waals surface area contributed by atoms with Crippen molar-refractivity contribution in [1.29, 1.82) is 0 Å². The second-order valence-corrected chi connectivity index (χ2v) is 4.61. The van der Waals surface area contributed by atoms with Crippen LogP contribution < -0.4 is 10.6 Å². The summed E-state index contributed by atoms with van der Waals surface area (Å²) in [6.07, 6.45) is 3.69. The van der Waals surface area contributed by atoms with Crippen LogP contribution in [0.1, 0.15) is 36.8 Å². The summed E-state index contributed by atoms with van der Waals surface area (Å²) in [5.41, 5.74) is 4.33. The number of hydrogen-bond donors (Lipinski definition) is 2. The monoisotopic (exact) mass is 218 g/mol. The molecule has 16 heavy (non-hydrogen) atoms.